The molecule has 0 bridgehead atoms. The van der Waals surface area contributed by atoms with Gasteiger partial charge in [-0.15, -0.1) is 0 Å². The molecular formula is C14H13F3N4O3. The Bertz CT molecular complexity index is 711. The summed E-state index contributed by atoms with van der Waals surface area (Å²) in [5.74, 6) is -1.95. The molecule has 10 heteroatoms. The minimum atomic E-state index is -4.70. The van der Waals surface area contributed by atoms with Gasteiger partial charge < -0.3 is 14.7 Å². The van der Waals surface area contributed by atoms with Crippen LogP contribution in [-0.2, 0) is 11.0 Å². The van der Waals surface area contributed by atoms with Crippen LogP contribution in [0.2, 0.25) is 0 Å². The highest BCUT2D eigenvalue weighted by molar-refractivity contribution is 5.94. The van der Waals surface area contributed by atoms with Gasteiger partial charge in [0, 0.05) is 30.3 Å². The summed E-state index contributed by atoms with van der Waals surface area (Å²) in [5.41, 5.74) is 0.653. The van der Waals surface area contributed by atoms with E-state index < -0.39 is 12.1 Å². The normalized spacial score (nSPS) is 11.7. The fourth-order valence-corrected chi connectivity index (χ4v) is 1.71. The third kappa shape index (κ3) is 4.54. The van der Waals surface area contributed by atoms with Gasteiger partial charge in [-0.25, -0.2) is 0 Å². The van der Waals surface area contributed by atoms with E-state index in [1.54, 1.807) is 0 Å². The van der Waals surface area contributed by atoms with Gasteiger partial charge in [-0.05, 0) is 12.1 Å². The van der Waals surface area contributed by atoms with Gasteiger partial charge in [-0.2, -0.15) is 18.2 Å². The van der Waals surface area contributed by atoms with Gasteiger partial charge in [0.2, 0.25) is 5.82 Å². The first kappa shape index (κ1) is 17.4. The number of nitrogens with zero attached hydrogens (tertiary/aromatic N) is 3. The molecule has 128 valence electrons. The number of carbonyl (C=O) groups excluding carboxylic acids is 1. The Kier molecular flexibility index (Phi) is 5.51. The lowest BCUT2D eigenvalue weighted by molar-refractivity contribution is -0.159. The van der Waals surface area contributed by atoms with Crippen molar-refractivity contribution in [2.24, 2.45) is 5.16 Å². The Morgan fingerprint density at radius 2 is 2.08 bits per heavy atom. The van der Waals surface area contributed by atoms with Gasteiger partial charge in [0.15, 0.2) is 0 Å². The third-order valence-electron chi connectivity index (χ3n) is 2.81. The number of benzene rings is 1. The number of alkyl halides is 3. The van der Waals surface area contributed by atoms with E-state index in [0.29, 0.717) is 24.1 Å². The number of hydrogen-bond acceptors (Lipinski definition) is 6. The summed E-state index contributed by atoms with van der Waals surface area (Å²) >= 11 is 0. The van der Waals surface area contributed by atoms with Gasteiger partial charge in [0.1, 0.15) is 7.11 Å². The number of halogens is 3. The van der Waals surface area contributed by atoms with Crippen LogP contribution < -0.4 is 5.32 Å². The van der Waals surface area contributed by atoms with E-state index in [1.807, 2.05) is 0 Å². The maximum absolute atomic E-state index is 12.4. The van der Waals surface area contributed by atoms with E-state index in [0.717, 1.165) is 0 Å². The van der Waals surface area contributed by atoms with Gasteiger partial charge >= 0.3 is 12.1 Å². The number of nitrogens with one attached hydrogen (secondary N) is 1. The van der Waals surface area contributed by atoms with E-state index in [2.05, 4.69) is 30.0 Å². The molecule has 2 aromatic rings. The average Bonchev–Trinajstić information content (AvgIpc) is 3.05. The number of carbonyl (C=O) groups is 1. The molecule has 0 saturated heterocycles. The number of rotatable bonds is 6. The van der Waals surface area contributed by atoms with Gasteiger partial charge in [0.25, 0.3) is 5.91 Å². The molecule has 1 aromatic carbocycles. The largest absolute Gasteiger partial charge is 0.471 e. The summed E-state index contributed by atoms with van der Waals surface area (Å²) in [6, 6.07) is 5.79. The Hall–Kier alpha value is -2.91. The highest BCUT2D eigenvalue weighted by Crippen LogP contribution is 2.29. The van der Waals surface area contributed by atoms with Crippen LogP contribution in [0.25, 0.3) is 11.4 Å². The maximum Gasteiger partial charge on any atom is 0.471 e. The molecule has 0 unspecified atom stereocenters. The van der Waals surface area contributed by atoms with Crippen LogP contribution in [0, 0.1) is 0 Å². The van der Waals surface area contributed by atoms with E-state index in [4.69, 9.17) is 0 Å². The molecule has 1 heterocycles. The molecule has 0 fully saturated rings. The van der Waals surface area contributed by atoms with Crippen LogP contribution in [0.5, 0.6) is 0 Å². The second-order valence-corrected chi connectivity index (χ2v) is 4.51. The average molecular weight is 342 g/mol. The summed E-state index contributed by atoms with van der Waals surface area (Å²) < 4.78 is 41.4. The minimum Gasteiger partial charge on any atom is -0.399 e. The zero-order valence-corrected chi connectivity index (χ0v) is 12.5. The lowest BCUT2D eigenvalue weighted by Gasteiger charge is -2.03. The zero-order chi connectivity index (χ0) is 17.6. The van der Waals surface area contributed by atoms with Crippen LogP contribution in [-0.4, -0.2) is 35.9 Å². The first-order valence-corrected chi connectivity index (χ1v) is 6.76. The summed E-state index contributed by atoms with van der Waals surface area (Å²) in [6.45, 7) is 0.368. The van der Waals surface area contributed by atoms with Crippen LogP contribution in [0.1, 0.15) is 22.7 Å². The molecule has 0 aliphatic heterocycles. The number of aromatic nitrogens is 2. The predicted molar refractivity (Wildman–Crippen MR) is 77.2 cm³/mol. The van der Waals surface area contributed by atoms with Crippen molar-refractivity contribution >= 4 is 12.1 Å². The van der Waals surface area contributed by atoms with Gasteiger partial charge in [0.05, 0.1) is 0 Å². The molecule has 0 aliphatic rings. The molecule has 1 N–H and O–H groups in total. The van der Waals surface area contributed by atoms with Crippen molar-refractivity contribution in [3.8, 4) is 11.4 Å². The lowest BCUT2D eigenvalue weighted by atomic mass is 10.1. The molecular weight excluding hydrogens is 329 g/mol. The fraction of sp³-hybridized carbons (Fsp3) is 0.286. The first-order valence-electron chi connectivity index (χ1n) is 6.76. The molecule has 0 aliphatic carbocycles. The molecule has 2 rings (SSSR count). The highest BCUT2D eigenvalue weighted by Gasteiger charge is 2.38. The van der Waals surface area contributed by atoms with E-state index in [1.165, 1.54) is 37.6 Å². The zero-order valence-electron chi connectivity index (χ0n) is 12.5. The molecule has 0 atom stereocenters. The Labute approximate surface area is 134 Å². The van der Waals surface area contributed by atoms with Crippen LogP contribution in [0.15, 0.2) is 33.9 Å². The SMILES string of the molecule is CON=CCCNC(=O)c1ccc(-c2noc(C(F)(F)F)n2)cc1. The van der Waals surface area contributed by atoms with E-state index >= 15 is 0 Å². The molecule has 0 radical (unpaired) electrons. The monoisotopic (exact) mass is 342 g/mol. The summed E-state index contributed by atoms with van der Waals surface area (Å²) in [5, 5.41) is 9.46. The standard InChI is InChI=1S/C14H13F3N4O3/c1-23-19-8-2-7-18-12(22)10-5-3-9(4-6-10)11-20-13(24-21-11)14(15,16)17/h3-6,8H,2,7H2,1H3,(H,18,22). The molecule has 0 spiro atoms. The minimum absolute atomic E-state index is 0.204. The van der Waals surface area contributed by atoms with Gasteiger partial charge in [-0.3, -0.25) is 4.79 Å². The summed E-state index contributed by atoms with van der Waals surface area (Å²) in [4.78, 5) is 19.6. The molecule has 1 amide bonds. The van der Waals surface area contributed by atoms with Crippen molar-refractivity contribution in [1.82, 2.24) is 15.5 Å². The third-order valence-corrected chi connectivity index (χ3v) is 2.81. The van der Waals surface area contributed by atoms with Crippen molar-refractivity contribution in [1.29, 1.82) is 0 Å². The summed E-state index contributed by atoms with van der Waals surface area (Å²) in [6.07, 6.45) is -2.68. The topological polar surface area (TPSA) is 89.6 Å². The second-order valence-electron chi connectivity index (χ2n) is 4.51. The number of hydrogen-bond donors (Lipinski definition) is 1. The van der Waals surface area contributed by atoms with Crippen molar-refractivity contribution < 1.29 is 27.3 Å². The Balaban J connectivity index is 1.98. The van der Waals surface area contributed by atoms with Crippen molar-refractivity contribution in [2.45, 2.75) is 12.6 Å². The Morgan fingerprint density at radius 1 is 1.38 bits per heavy atom. The van der Waals surface area contributed by atoms with Crippen molar-refractivity contribution in [3.63, 3.8) is 0 Å². The first-order chi connectivity index (χ1) is 11.4. The molecule has 7 nitrogen and oxygen atoms in total. The fourth-order valence-electron chi connectivity index (χ4n) is 1.71. The second kappa shape index (κ2) is 7.57. The molecule has 1 aromatic heterocycles. The van der Waals surface area contributed by atoms with Crippen molar-refractivity contribution in [3.05, 3.63) is 35.7 Å². The lowest BCUT2D eigenvalue weighted by Crippen LogP contribution is -2.24. The Morgan fingerprint density at radius 3 is 2.67 bits per heavy atom. The van der Waals surface area contributed by atoms with E-state index in [-0.39, 0.29) is 11.7 Å². The number of amides is 1. The highest BCUT2D eigenvalue weighted by atomic mass is 19.4. The van der Waals surface area contributed by atoms with Crippen LogP contribution in [0.4, 0.5) is 13.2 Å². The molecule has 0 saturated carbocycles. The number of oxime groups is 1. The smallest absolute Gasteiger partial charge is 0.399 e. The van der Waals surface area contributed by atoms with Crippen molar-refractivity contribution in [2.75, 3.05) is 13.7 Å². The predicted octanol–water partition coefficient (Wildman–Crippen LogP) is 2.51. The van der Waals surface area contributed by atoms with E-state index in [9.17, 15) is 18.0 Å². The van der Waals surface area contributed by atoms with Crippen LogP contribution >= 0.6 is 0 Å². The van der Waals surface area contributed by atoms with Gasteiger partial charge in [-0.1, -0.05) is 22.4 Å². The molecule has 24 heavy (non-hydrogen) atoms. The summed E-state index contributed by atoms with van der Waals surface area (Å²) in [7, 11) is 1.41. The quantitative estimate of drug-likeness (QED) is 0.495. The van der Waals surface area contributed by atoms with Crippen LogP contribution in [0.3, 0.4) is 0 Å². The maximum atomic E-state index is 12.4.